The van der Waals surface area contributed by atoms with Gasteiger partial charge in [-0.15, -0.1) is 0 Å². The lowest BCUT2D eigenvalue weighted by Crippen LogP contribution is -1.71. The van der Waals surface area contributed by atoms with Gasteiger partial charge in [-0.2, -0.15) is 5.10 Å². The molecule has 1 N–H and O–H groups in total. The second-order valence-electron chi connectivity index (χ2n) is 2.32. The molecule has 2 aromatic rings. The number of halogens is 3. The molecule has 1 aromatic heterocycles. The molecular weight excluding hydrogens is 263 g/mol. The van der Waals surface area contributed by atoms with E-state index in [1.54, 1.807) is 6.07 Å². The van der Waals surface area contributed by atoms with Gasteiger partial charge >= 0.3 is 0 Å². The molecule has 0 bridgehead atoms. The predicted octanol–water partition coefficient (Wildman–Crippen LogP) is 3.63. The van der Waals surface area contributed by atoms with E-state index >= 15 is 0 Å². The average Bonchev–Trinajstić information content (AvgIpc) is 2.33. The van der Waals surface area contributed by atoms with Crippen molar-refractivity contribution >= 4 is 50.0 Å². The summed E-state index contributed by atoms with van der Waals surface area (Å²) in [5.41, 5.74) is 0.699. The number of hydrogen-bond donors (Lipinski definition) is 1. The smallest absolute Gasteiger partial charge is 0.132 e. The fourth-order valence-electron chi connectivity index (χ4n) is 1.01. The summed E-state index contributed by atoms with van der Waals surface area (Å²) in [6.45, 7) is 0. The first-order valence-corrected chi connectivity index (χ1v) is 4.72. The van der Waals surface area contributed by atoms with Gasteiger partial charge in [-0.25, -0.2) is 0 Å². The van der Waals surface area contributed by atoms with E-state index in [0.29, 0.717) is 15.7 Å². The van der Waals surface area contributed by atoms with Crippen molar-refractivity contribution in [1.82, 2.24) is 10.2 Å². The molecule has 0 spiro atoms. The van der Waals surface area contributed by atoms with Crippen molar-refractivity contribution in [3.8, 4) is 0 Å². The zero-order chi connectivity index (χ0) is 8.72. The van der Waals surface area contributed by atoms with E-state index in [1.807, 2.05) is 6.07 Å². The molecule has 0 saturated carbocycles. The number of fused-ring (bicyclic) bond motifs is 1. The van der Waals surface area contributed by atoms with Crippen LogP contribution in [0.4, 0.5) is 0 Å². The number of hydrogen-bond acceptors (Lipinski definition) is 1. The van der Waals surface area contributed by atoms with E-state index in [0.717, 1.165) is 9.86 Å². The monoisotopic (exact) mass is 264 g/mol. The molecule has 5 heteroatoms. The molecule has 0 aliphatic carbocycles. The topological polar surface area (TPSA) is 28.7 Å². The average molecular weight is 266 g/mol. The fraction of sp³-hybridized carbons (Fsp3) is 0. The number of aromatic nitrogens is 2. The van der Waals surface area contributed by atoms with Crippen LogP contribution >= 0.6 is 39.1 Å². The molecule has 1 heterocycles. The lowest BCUT2D eigenvalue weighted by atomic mass is 10.3. The summed E-state index contributed by atoms with van der Waals surface area (Å²) in [5, 5.41) is 8.53. The maximum absolute atomic E-state index is 5.90. The highest BCUT2D eigenvalue weighted by Crippen LogP contribution is 2.30. The number of H-pyrrole nitrogens is 1. The molecular formula is C7H3BrCl2N2. The van der Waals surface area contributed by atoms with Gasteiger partial charge in [0.2, 0.25) is 0 Å². The van der Waals surface area contributed by atoms with Crippen molar-refractivity contribution in [2.45, 2.75) is 0 Å². The zero-order valence-corrected chi connectivity index (χ0v) is 8.83. The number of benzene rings is 1. The SMILES string of the molecule is Clc1[nH]nc2c(Cl)cc(Br)cc12. The highest BCUT2D eigenvalue weighted by atomic mass is 79.9. The minimum atomic E-state index is 0.508. The number of aromatic amines is 1. The number of nitrogens with zero attached hydrogens (tertiary/aromatic N) is 1. The molecule has 1 aromatic carbocycles. The van der Waals surface area contributed by atoms with E-state index < -0.39 is 0 Å². The minimum absolute atomic E-state index is 0.508. The number of rotatable bonds is 0. The maximum Gasteiger partial charge on any atom is 0.132 e. The van der Waals surface area contributed by atoms with Gasteiger partial charge in [0, 0.05) is 9.86 Å². The molecule has 12 heavy (non-hydrogen) atoms. The Balaban J connectivity index is 2.92. The van der Waals surface area contributed by atoms with Gasteiger partial charge in [0.1, 0.15) is 10.7 Å². The summed E-state index contributed by atoms with van der Waals surface area (Å²) in [6, 6.07) is 3.65. The van der Waals surface area contributed by atoms with Crippen LogP contribution in [0.25, 0.3) is 10.9 Å². The molecule has 0 saturated heterocycles. The molecule has 0 aliphatic heterocycles. The van der Waals surface area contributed by atoms with Crippen molar-refractivity contribution in [3.05, 3.63) is 26.8 Å². The van der Waals surface area contributed by atoms with Crippen LogP contribution in [-0.4, -0.2) is 10.2 Å². The molecule has 0 atom stereocenters. The summed E-state index contributed by atoms with van der Waals surface area (Å²) in [5.74, 6) is 0. The summed E-state index contributed by atoms with van der Waals surface area (Å²) in [6.07, 6.45) is 0. The molecule has 0 aliphatic rings. The van der Waals surface area contributed by atoms with Crippen LogP contribution in [0.2, 0.25) is 10.2 Å². The van der Waals surface area contributed by atoms with Gasteiger partial charge in [0.05, 0.1) is 5.02 Å². The van der Waals surface area contributed by atoms with E-state index in [1.165, 1.54) is 0 Å². The van der Waals surface area contributed by atoms with Crippen LogP contribution in [-0.2, 0) is 0 Å². The van der Waals surface area contributed by atoms with Crippen LogP contribution in [0, 0.1) is 0 Å². The van der Waals surface area contributed by atoms with Crippen molar-refractivity contribution in [3.63, 3.8) is 0 Å². The van der Waals surface area contributed by atoms with Crippen LogP contribution in [0.1, 0.15) is 0 Å². The van der Waals surface area contributed by atoms with Crippen LogP contribution in [0.5, 0.6) is 0 Å². The Morgan fingerprint density at radius 2 is 2.08 bits per heavy atom. The summed E-state index contributed by atoms with van der Waals surface area (Å²) < 4.78 is 0.892. The van der Waals surface area contributed by atoms with Crippen molar-refractivity contribution in [1.29, 1.82) is 0 Å². The first-order valence-electron chi connectivity index (χ1n) is 3.17. The Hall–Kier alpha value is -0.250. The van der Waals surface area contributed by atoms with Gasteiger partial charge in [0.25, 0.3) is 0 Å². The van der Waals surface area contributed by atoms with Gasteiger partial charge in [-0.05, 0) is 12.1 Å². The van der Waals surface area contributed by atoms with Gasteiger partial charge in [-0.1, -0.05) is 39.1 Å². The van der Waals surface area contributed by atoms with Crippen LogP contribution in [0.15, 0.2) is 16.6 Å². The quantitative estimate of drug-likeness (QED) is 0.774. The second kappa shape index (κ2) is 2.91. The fourth-order valence-corrected chi connectivity index (χ4v) is 2.05. The Morgan fingerprint density at radius 3 is 2.83 bits per heavy atom. The van der Waals surface area contributed by atoms with Crippen molar-refractivity contribution in [2.75, 3.05) is 0 Å². The molecule has 0 radical (unpaired) electrons. The molecule has 62 valence electrons. The van der Waals surface area contributed by atoms with E-state index in [2.05, 4.69) is 26.1 Å². The Labute approximate surface area is 87.0 Å². The summed E-state index contributed by atoms with van der Waals surface area (Å²) in [7, 11) is 0. The van der Waals surface area contributed by atoms with Crippen molar-refractivity contribution in [2.24, 2.45) is 0 Å². The summed E-state index contributed by atoms with van der Waals surface area (Å²) >= 11 is 15.0. The van der Waals surface area contributed by atoms with Crippen LogP contribution in [0.3, 0.4) is 0 Å². The molecule has 2 nitrogen and oxygen atoms in total. The van der Waals surface area contributed by atoms with Gasteiger partial charge in [0.15, 0.2) is 0 Å². The van der Waals surface area contributed by atoms with E-state index in [9.17, 15) is 0 Å². The highest BCUT2D eigenvalue weighted by molar-refractivity contribution is 9.10. The third kappa shape index (κ3) is 1.22. The van der Waals surface area contributed by atoms with Crippen LogP contribution < -0.4 is 0 Å². The Kier molecular flexibility index (Phi) is 2.02. The molecule has 2 rings (SSSR count). The molecule has 0 unspecified atom stereocenters. The van der Waals surface area contributed by atoms with Crippen molar-refractivity contribution < 1.29 is 0 Å². The van der Waals surface area contributed by atoms with E-state index in [-0.39, 0.29) is 0 Å². The third-order valence-electron chi connectivity index (χ3n) is 1.53. The maximum atomic E-state index is 5.90. The normalized spacial score (nSPS) is 10.9. The zero-order valence-electron chi connectivity index (χ0n) is 5.74. The predicted molar refractivity (Wildman–Crippen MR) is 53.8 cm³/mol. The van der Waals surface area contributed by atoms with Gasteiger partial charge in [-0.3, -0.25) is 5.10 Å². The summed E-state index contributed by atoms with van der Waals surface area (Å²) in [4.78, 5) is 0. The Morgan fingerprint density at radius 1 is 1.33 bits per heavy atom. The standard InChI is InChI=1S/C7H3BrCl2N2/c8-3-1-4-6(5(9)2-3)11-12-7(4)10/h1-2H,(H,11,12). The highest BCUT2D eigenvalue weighted by Gasteiger charge is 2.07. The number of nitrogens with one attached hydrogen (secondary N) is 1. The second-order valence-corrected chi connectivity index (χ2v) is 4.02. The first-order chi connectivity index (χ1) is 5.68. The third-order valence-corrected chi connectivity index (χ3v) is 2.56. The first kappa shape index (κ1) is 8.35. The van der Waals surface area contributed by atoms with Gasteiger partial charge < -0.3 is 0 Å². The molecule has 0 fully saturated rings. The largest absolute Gasteiger partial charge is 0.266 e. The Bertz CT molecular complexity index is 438. The van der Waals surface area contributed by atoms with E-state index in [4.69, 9.17) is 23.2 Å². The minimum Gasteiger partial charge on any atom is -0.266 e. The lowest BCUT2D eigenvalue weighted by molar-refractivity contribution is 1.12. The lowest BCUT2D eigenvalue weighted by Gasteiger charge is -1.93. The molecule has 0 amide bonds.